The molecule has 0 aliphatic carbocycles. The molecular formula is C15H25NOS2. The van der Waals surface area contributed by atoms with Gasteiger partial charge in [0.15, 0.2) is 0 Å². The predicted octanol–water partition coefficient (Wildman–Crippen LogP) is 3.98. The van der Waals surface area contributed by atoms with Gasteiger partial charge in [-0.25, -0.2) is 0 Å². The van der Waals surface area contributed by atoms with Crippen LogP contribution in [0.25, 0.3) is 0 Å². The van der Waals surface area contributed by atoms with E-state index in [1.165, 1.54) is 51.4 Å². The largest absolute Gasteiger partial charge is 0.472 e. The van der Waals surface area contributed by atoms with E-state index in [1.807, 2.05) is 6.26 Å². The molecule has 0 N–H and O–H groups in total. The Labute approximate surface area is 126 Å². The normalized spacial score (nSPS) is 42.5. The molecule has 3 saturated heterocycles. The number of piperidine rings is 3. The molecule has 3 rings (SSSR count). The standard InChI is InChI=1S/C15H25NOS2/c1-15(17-14(18)19-2)9-12-7-3-5-11-6-4-8-13(10-15)16(11)12/h11-13H,3-10H2,1-2H3/t11?,12-,13-,15?/m0/s1. The van der Waals surface area contributed by atoms with Crippen LogP contribution < -0.4 is 0 Å². The van der Waals surface area contributed by atoms with Crippen molar-refractivity contribution in [2.75, 3.05) is 6.26 Å². The van der Waals surface area contributed by atoms with Gasteiger partial charge in [-0.3, -0.25) is 4.90 Å². The molecule has 2 atom stereocenters. The van der Waals surface area contributed by atoms with Crippen LogP contribution in [-0.2, 0) is 4.74 Å². The fraction of sp³-hybridized carbons (Fsp3) is 0.933. The summed E-state index contributed by atoms with van der Waals surface area (Å²) in [6, 6.07) is 2.36. The van der Waals surface area contributed by atoms with Crippen molar-refractivity contribution < 1.29 is 4.74 Å². The lowest BCUT2D eigenvalue weighted by Gasteiger charge is -2.56. The van der Waals surface area contributed by atoms with Gasteiger partial charge in [-0.05, 0) is 51.1 Å². The highest BCUT2D eigenvalue weighted by molar-refractivity contribution is 8.22. The van der Waals surface area contributed by atoms with Crippen LogP contribution in [0.15, 0.2) is 0 Å². The highest BCUT2D eigenvalue weighted by Gasteiger charge is 2.48. The van der Waals surface area contributed by atoms with Crippen LogP contribution in [0.5, 0.6) is 0 Å². The number of hydrogen-bond acceptors (Lipinski definition) is 4. The maximum absolute atomic E-state index is 6.14. The van der Waals surface area contributed by atoms with E-state index in [2.05, 4.69) is 11.8 Å². The molecule has 0 saturated carbocycles. The van der Waals surface area contributed by atoms with E-state index >= 15 is 0 Å². The summed E-state index contributed by atoms with van der Waals surface area (Å²) in [5.74, 6) is 0. The number of thioether (sulfide) groups is 1. The summed E-state index contributed by atoms with van der Waals surface area (Å²) in [5.41, 5.74) is -0.0227. The Morgan fingerprint density at radius 1 is 1.11 bits per heavy atom. The van der Waals surface area contributed by atoms with Gasteiger partial charge in [0.25, 0.3) is 0 Å². The Morgan fingerprint density at radius 2 is 1.63 bits per heavy atom. The van der Waals surface area contributed by atoms with E-state index in [1.54, 1.807) is 11.8 Å². The van der Waals surface area contributed by atoms with Crippen LogP contribution in [-0.4, -0.2) is 39.3 Å². The fourth-order valence-corrected chi connectivity index (χ4v) is 5.12. The number of ether oxygens (including phenoxy) is 1. The van der Waals surface area contributed by atoms with Gasteiger partial charge in [-0.1, -0.05) is 24.6 Å². The Hall–Kier alpha value is 0.200. The molecule has 4 heteroatoms. The van der Waals surface area contributed by atoms with Crippen molar-refractivity contribution in [3.63, 3.8) is 0 Å². The summed E-state index contributed by atoms with van der Waals surface area (Å²) < 4.78 is 6.86. The average Bonchev–Trinajstić information content (AvgIpc) is 2.38. The predicted molar refractivity (Wildman–Crippen MR) is 85.7 cm³/mol. The first-order valence-corrected chi connectivity index (χ1v) is 9.29. The van der Waals surface area contributed by atoms with Gasteiger partial charge in [0.2, 0.25) is 4.38 Å². The highest BCUT2D eigenvalue weighted by Crippen LogP contribution is 2.45. The van der Waals surface area contributed by atoms with E-state index in [-0.39, 0.29) is 5.60 Å². The van der Waals surface area contributed by atoms with Crippen LogP contribution in [0.3, 0.4) is 0 Å². The summed E-state index contributed by atoms with van der Waals surface area (Å²) in [6.07, 6.45) is 12.7. The molecule has 0 bridgehead atoms. The van der Waals surface area contributed by atoms with Crippen LogP contribution in [0.1, 0.15) is 58.3 Å². The molecule has 108 valence electrons. The molecule has 0 amide bonds. The number of rotatable bonds is 1. The molecule has 0 radical (unpaired) electrons. The minimum Gasteiger partial charge on any atom is -0.472 e. The van der Waals surface area contributed by atoms with Crippen LogP contribution >= 0.6 is 24.0 Å². The van der Waals surface area contributed by atoms with Gasteiger partial charge < -0.3 is 4.74 Å². The molecule has 2 nitrogen and oxygen atoms in total. The number of hydrogen-bond donors (Lipinski definition) is 0. The molecular weight excluding hydrogens is 274 g/mol. The second kappa shape index (κ2) is 5.53. The second-order valence-electron chi connectivity index (χ2n) is 6.68. The lowest BCUT2D eigenvalue weighted by atomic mass is 9.73. The Balaban J connectivity index is 1.76. The fourth-order valence-electron chi connectivity index (χ4n) is 4.63. The van der Waals surface area contributed by atoms with Gasteiger partial charge in [-0.15, -0.1) is 0 Å². The average molecular weight is 300 g/mol. The highest BCUT2D eigenvalue weighted by atomic mass is 32.2. The monoisotopic (exact) mass is 299 g/mol. The first-order valence-electron chi connectivity index (χ1n) is 7.66. The van der Waals surface area contributed by atoms with Gasteiger partial charge in [0.05, 0.1) is 0 Å². The summed E-state index contributed by atoms with van der Waals surface area (Å²) >= 11 is 6.86. The number of nitrogens with zero attached hydrogens (tertiary/aromatic N) is 1. The van der Waals surface area contributed by atoms with Gasteiger partial charge in [0.1, 0.15) is 5.60 Å². The minimum absolute atomic E-state index is 0.0227. The summed E-state index contributed by atoms with van der Waals surface area (Å²) in [4.78, 5) is 2.86. The molecule has 0 unspecified atom stereocenters. The van der Waals surface area contributed by atoms with Crippen LogP contribution in [0, 0.1) is 0 Å². The zero-order valence-electron chi connectivity index (χ0n) is 12.1. The molecule has 3 fully saturated rings. The maximum Gasteiger partial charge on any atom is 0.220 e. The summed E-state index contributed by atoms with van der Waals surface area (Å²) in [5, 5.41) is 0. The molecule has 0 aromatic rings. The molecule has 3 aliphatic heterocycles. The van der Waals surface area contributed by atoms with Crippen molar-refractivity contribution in [2.45, 2.75) is 82.0 Å². The lowest BCUT2D eigenvalue weighted by molar-refractivity contribution is -0.100. The maximum atomic E-state index is 6.14. The zero-order valence-corrected chi connectivity index (χ0v) is 13.7. The molecule has 3 aliphatic rings. The molecule has 0 spiro atoms. The van der Waals surface area contributed by atoms with Crippen molar-refractivity contribution >= 4 is 28.4 Å². The zero-order chi connectivity index (χ0) is 13.5. The first-order chi connectivity index (χ1) is 9.11. The van der Waals surface area contributed by atoms with Gasteiger partial charge in [-0.2, -0.15) is 0 Å². The van der Waals surface area contributed by atoms with E-state index in [0.29, 0.717) is 0 Å². The van der Waals surface area contributed by atoms with E-state index in [4.69, 9.17) is 17.0 Å². The Morgan fingerprint density at radius 3 is 2.16 bits per heavy atom. The third-order valence-electron chi connectivity index (χ3n) is 5.25. The minimum atomic E-state index is -0.0227. The van der Waals surface area contributed by atoms with E-state index < -0.39 is 0 Å². The second-order valence-corrected chi connectivity index (χ2v) is 8.09. The summed E-state index contributed by atoms with van der Waals surface area (Å²) in [7, 11) is 0. The molecule has 19 heavy (non-hydrogen) atoms. The Bertz CT molecular complexity index is 340. The van der Waals surface area contributed by atoms with Crippen molar-refractivity contribution in [3.05, 3.63) is 0 Å². The summed E-state index contributed by atoms with van der Waals surface area (Å²) in [6.45, 7) is 2.28. The smallest absolute Gasteiger partial charge is 0.220 e. The molecule has 3 heterocycles. The molecule has 0 aromatic carbocycles. The third kappa shape index (κ3) is 2.81. The van der Waals surface area contributed by atoms with Crippen LogP contribution in [0.2, 0.25) is 0 Å². The van der Waals surface area contributed by atoms with Crippen molar-refractivity contribution in [1.82, 2.24) is 4.90 Å². The van der Waals surface area contributed by atoms with Gasteiger partial charge >= 0.3 is 0 Å². The van der Waals surface area contributed by atoms with E-state index in [0.717, 1.165) is 22.5 Å². The van der Waals surface area contributed by atoms with Gasteiger partial charge in [0, 0.05) is 31.0 Å². The quantitative estimate of drug-likeness (QED) is 0.679. The number of thiocarbonyl (C=S) groups is 1. The van der Waals surface area contributed by atoms with Crippen molar-refractivity contribution in [1.29, 1.82) is 0 Å². The lowest BCUT2D eigenvalue weighted by Crippen LogP contribution is -2.62. The topological polar surface area (TPSA) is 12.5 Å². The molecule has 0 aromatic heterocycles. The first kappa shape index (κ1) is 14.2. The van der Waals surface area contributed by atoms with Crippen molar-refractivity contribution in [3.8, 4) is 0 Å². The van der Waals surface area contributed by atoms with E-state index in [9.17, 15) is 0 Å². The third-order valence-corrected chi connectivity index (χ3v) is 6.25. The van der Waals surface area contributed by atoms with Crippen LogP contribution in [0.4, 0.5) is 0 Å². The van der Waals surface area contributed by atoms with Crippen molar-refractivity contribution in [2.24, 2.45) is 0 Å². The SMILES string of the molecule is CSC(=S)OC1(C)C[C@@H]2CCCC3CCC[C@@H](C1)N32. The Kier molecular flexibility index (Phi) is 4.12.